The Morgan fingerprint density at radius 3 is 2.94 bits per heavy atom. The van der Waals surface area contributed by atoms with Crippen molar-refractivity contribution in [2.75, 3.05) is 18.0 Å². The minimum Gasteiger partial charge on any atom is -0.442 e. The average molecular weight is 423 g/mol. The van der Waals surface area contributed by atoms with Crippen molar-refractivity contribution in [3.8, 4) is 11.8 Å². The fourth-order valence-corrected chi connectivity index (χ4v) is 3.23. The number of anilines is 1. The van der Waals surface area contributed by atoms with Crippen molar-refractivity contribution in [1.82, 2.24) is 24.9 Å². The van der Waals surface area contributed by atoms with Crippen LogP contribution in [0.3, 0.4) is 0 Å². The smallest absolute Gasteiger partial charge is 0.414 e. The molecule has 0 spiro atoms. The van der Waals surface area contributed by atoms with Crippen LogP contribution in [-0.2, 0) is 16.1 Å². The number of carbonyl (C=O) groups excluding carboxylic acids is 2. The molecule has 11 heteroatoms. The summed E-state index contributed by atoms with van der Waals surface area (Å²) < 4.78 is 23.1. The highest BCUT2D eigenvalue weighted by atomic mass is 19.1. The number of carbonyl (C=O) groups is 2. The fraction of sp³-hybridized carbons (Fsp3) is 0.250. The van der Waals surface area contributed by atoms with E-state index in [0.717, 1.165) is 0 Å². The van der Waals surface area contributed by atoms with Crippen molar-refractivity contribution in [2.24, 2.45) is 0 Å². The van der Waals surface area contributed by atoms with Crippen molar-refractivity contribution in [3.05, 3.63) is 59.9 Å². The van der Waals surface area contributed by atoms with Crippen molar-refractivity contribution in [3.63, 3.8) is 0 Å². The highest BCUT2D eigenvalue weighted by Crippen LogP contribution is 2.25. The molecule has 0 bridgehead atoms. The lowest BCUT2D eigenvalue weighted by Crippen LogP contribution is -2.33. The number of rotatable bonds is 6. The van der Waals surface area contributed by atoms with Crippen molar-refractivity contribution in [1.29, 1.82) is 5.26 Å². The van der Waals surface area contributed by atoms with E-state index in [-0.39, 0.29) is 24.7 Å². The average Bonchev–Trinajstić information content (AvgIpc) is 3.47. The van der Waals surface area contributed by atoms with Gasteiger partial charge in [-0.1, -0.05) is 5.21 Å². The van der Waals surface area contributed by atoms with Gasteiger partial charge in [0, 0.05) is 19.3 Å². The molecule has 3 heterocycles. The molecule has 2 aromatic heterocycles. The third-order valence-electron chi connectivity index (χ3n) is 4.71. The van der Waals surface area contributed by atoms with Crippen LogP contribution in [0.5, 0.6) is 0 Å². The number of hydrogen-bond acceptors (Lipinski definition) is 6. The van der Waals surface area contributed by atoms with E-state index in [9.17, 15) is 14.0 Å². The molecule has 31 heavy (non-hydrogen) atoms. The number of nitrogens with one attached hydrogen (secondary N) is 1. The minimum absolute atomic E-state index is 0.176. The summed E-state index contributed by atoms with van der Waals surface area (Å²) in [6.07, 6.45) is 3.92. The highest BCUT2D eigenvalue weighted by molar-refractivity contribution is 5.90. The van der Waals surface area contributed by atoms with Gasteiger partial charge in [-0.15, -0.1) is 5.10 Å². The van der Waals surface area contributed by atoms with Crippen LogP contribution in [0.4, 0.5) is 14.9 Å². The summed E-state index contributed by atoms with van der Waals surface area (Å²) in [5, 5.41) is 19.5. The number of amides is 2. The van der Waals surface area contributed by atoms with E-state index in [1.807, 2.05) is 0 Å². The van der Waals surface area contributed by atoms with E-state index in [4.69, 9.17) is 10.00 Å². The third kappa shape index (κ3) is 4.37. The van der Waals surface area contributed by atoms with E-state index in [0.29, 0.717) is 23.5 Å². The van der Waals surface area contributed by atoms with Gasteiger partial charge in [-0.2, -0.15) is 5.26 Å². The van der Waals surface area contributed by atoms with Gasteiger partial charge in [0.15, 0.2) is 5.82 Å². The predicted molar refractivity (Wildman–Crippen MR) is 106 cm³/mol. The van der Waals surface area contributed by atoms with Crippen molar-refractivity contribution in [2.45, 2.75) is 19.6 Å². The molecule has 4 rings (SSSR count). The first-order valence-electron chi connectivity index (χ1n) is 9.42. The van der Waals surface area contributed by atoms with Crippen molar-refractivity contribution < 1.29 is 18.7 Å². The number of halogens is 1. The van der Waals surface area contributed by atoms with Gasteiger partial charge >= 0.3 is 6.09 Å². The topological polar surface area (TPSA) is 118 Å². The molecule has 2 amide bonds. The van der Waals surface area contributed by atoms with Gasteiger partial charge in [0.2, 0.25) is 5.91 Å². The van der Waals surface area contributed by atoms with Gasteiger partial charge in [0.1, 0.15) is 23.6 Å². The number of aromatic nitrogens is 4. The van der Waals surface area contributed by atoms with Crippen LogP contribution >= 0.6 is 0 Å². The Balaban J connectivity index is 1.47. The molecule has 1 saturated heterocycles. The molecule has 0 saturated carbocycles. The zero-order valence-corrected chi connectivity index (χ0v) is 16.5. The molecule has 1 atom stereocenters. The zero-order chi connectivity index (χ0) is 22.0. The molecule has 158 valence electrons. The molecule has 1 aliphatic heterocycles. The summed E-state index contributed by atoms with van der Waals surface area (Å²) in [7, 11) is 0. The van der Waals surface area contributed by atoms with E-state index in [1.165, 1.54) is 28.6 Å². The fourth-order valence-electron chi connectivity index (χ4n) is 3.23. The maximum absolute atomic E-state index is 14.8. The summed E-state index contributed by atoms with van der Waals surface area (Å²) in [5.41, 5.74) is 1.64. The molecule has 10 nitrogen and oxygen atoms in total. The normalized spacial score (nSPS) is 15.6. The van der Waals surface area contributed by atoms with Crippen LogP contribution in [0.15, 0.2) is 42.9 Å². The highest BCUT2D eigenvalue weighted by Gasteiger charge is 2.32. The lowest BCUT2D eigenvalue weighted by molar-refractivity contribution is -0.119. The first-order chi connectivity index (χ1) is 14.9. The summed E-state index contributed by atoms with van der Waals surface area (Å²) in [6.45, 7) is 2.15. The zero-order valence-electron chi connectivity index (χ0n) is 16.5. The molecule has 1 fully saturated rings. The van der Waals surface area contributed by atoms with Gasteiger partial charge in [-0.05, 0) is 24.3 Å². The second-order valence-corrected chi connectivity index (χ2v) is 7.03. The van der Waals surface area contributed by atoms with E-state index < -0.39 is 18.0 Å². The van der Waals surface area contributed by atoms with Crippen LogP contribution in [0.2, 0.25) is 0 Å². The number of benzene rings is 1. The van der Waals surface area contributed by atoms with Crippen LogP contribution in [0.25, 0.3) is 5.69 Å². The molecular weight excluding hydrogens is 405 g/mol. The summed E-state index contributed by atoms with van der Waals surface area (Å²) in [6, 6.07) is 8.06. The summed E-state index contributed by atoms with van der Waals surface area (Å²) >= 11 is 0. The monoisotopic (exact) mass is 423 g/mol. The first kappa shape index (κ1) is 20.1. The van der Waals surface area contributed by atoms with Crippen LogP contribution in [-0.4, -0.2) is 50.8 Å². The van der Waals surface area contributed by atoms with Gasteiger partial charge < -0.3 is 14.6 Å². The van der Waals surface area contributed by atoms with Crippen LogP contribution in [0, 0.1) is 17.1 Å². The quantitative estimate of drug-likeness (QED) is 0.643. The van der Waals surface area contributed by atoms with Crippen LogP contribution < -0.4 is 10.2 Å². The second-order valence-electron chi connectivity index (χ2n) is 7.03. The maximum Gasteiger partial charge on any atom is 0.414 e. The summed E-state index contributed by atoms with van der Waals surface area (Å²) in [4.78, 5) is 24.5. The first-order valence-corrected chi connectivity index (χ1v) is 9.42. The Bertz CT molecular complexity index is 1180. The molecule has 1 N–H and O–H groups in total. The van der Waals surface area contributed by atoms with Gasteiger partial charge in [0.05, 0.1) is 37.1 Å². The number of cyclic esters (lactones) is 1. The summed E-state index contributed by atoms with van der Waals surface area (Å²) in [5.74, 6) is -0.806. The Hall–Kier alpha value is -4.20. The Morgan fingerprint density at radius 1 is 1.39 bits per heavy atom. The largest absolute Gasteiger partial charge is 0.442 e. The standard InChI is InChI=1S/C20H18FN7O3/c1-13(29)23-8-17-12-27(20(30)31-17)16-2-3-19(18(21)6-16)28-11-15(24-25-28)10-26-5-4-14(7-22)9-26/h2-6,9,11,17H,8,10,12H2,1H3,(H,23,29)/t17-/m0/s1. The van der Waals surface area contributed by atoms with Crippen molar-refractivity contribution >= 4 is 17.7 Å². The molecular formula is C20H18FN7O3. The van der Waals surface area contributed by atoms with Gasteiger partial charge in [0.25, 0.3) is 0 Å². The lowest BCUT2D eigenvalue weighted by atomic mass is 10.2. The lowest BCUT2D eigenvalue weighted by Gasteiger charge is -2.14. The molecule has 0 unspecified atom stereocenters. The van der Waals surface area contributed by atoms with Gasteiger partial charge in [-0.3, -0.25) is 9.69 Å². The number of hydrogen-bond donors (Lipinski definition) is 1. The molecule has 1 aliphatic rings. The third-order valence-corrected chi connectivity index (χ3v) is 4.71. The number of nitrogens with zero attached hydrogens (tertiary/aromatic N) is 6. The molecule has 0 radical (unpaired) electrons. The van der Waals surface area contributed by atoms with Crippen LogP contribution in [0.1, 0.15) is 18.2 Å². The van der Waals surface area contributed by atoms with E-state index in [2.05, 4.69) is 21.7 Å². The molecule has 1 aromatic carbocycles. The maximum atomic E-state index is 14.8. The van der Waals surface area contributed by atoms with E-state index >= 15 is 0 Å². The predicted octanol–water partition coefficient (Wildman–Crippen LogP) is 1.59. The second kappa shape index (κ2) is 8.27. The van der Waals surface area contributed by atoms with Gasteiger partial charge in [-0.25, -0.2) is 13.9 Å². The Labute approximate surface area is 176 Å². The SMILES string of the molecule is CC(=O)NC[C@H]1CN(c2ccc(-n3cc(Cn4ccc(C#N)c4)nn3)c(F)c2)C(=O)O1. The number of nitriles is 1. The number of ether oxygens (including phenoxy) is 1. The Kier molecular flexibility index (Phi) is 5.36. The Morgan fingerprint density at radius 2 is 2.23 bits per heavy atom. The minimum atomic E-state index is -0.603. The molecule has 3 aromatic rings. The molecule has 0 aliphatic carbocycles. The van der Waals surface area contributed by atoms with E-state index in [1.54, 1.807) is 35.3 Å².